The number of anilines is 2. The molecule has 1 heterocycles. The number of nitro groups is 1. The van der Waals surface area contributed by atoms with Crippen LogP contribution in [0.15, 0.2) is 66.7 Å². The van der Waals surface area contributed by atoms with E-state index in [0.29, 0.717) is 0 Å². The zero-order valence-corrected chi connectivity index (χ0v) is 12.6. The Kier molecular flexibility index (Phi) is 4.01. The molecule has 3 rings (SSSR count). The fraction of sp³-hybridized carbons (Fsp3) is 0.0556. The van der Waals surface area contributed by atoms with Crippen LogP contribution in [0, 0.1) is 17.0 Å². The van der Waals surface area contributed by atoms with Gasteiger partial charge in [0.2, 0.25) is 0 Å². The van der Waals surface area contributed by atoms with Gasteiger partial charge in [-0.15, -0.1) is 0 Å². The predicted octanol–water partition coefficient (Wildman–Crippen LogP) is 4.71. The molecule has 0 aliphatic heterocycles. The van der Waals surface area contributed by atoms with Gasteiger partial charge in [-0.3, -0.25) is 15.1 Å². The van der Waals surface area contributed by atoms with Gasteiger partial charge in [0, 0.05) is 34.8 Å². The molecule has 3 aromatic rings. The Labute approximate surface area is 133 Å². The Hall–Kier alpha value is -3.21. The molecule has 0 spiro atoms. The quantitative estimate of drug-likeness (QED) is 0.560. The second kappa shape index (κ2) is 6.27. The summed E-state index contributed by atoms with van der Waals surface area (Å²) in [6.07, 6.45) is 0. The first-order valence-electron chi connectivity index (χ1n) is 7.18. The molecular weight excluding hydrogens is 290 g/mol. The van der Waals surface area contributed by atoms with Gasteiger partial charge in [0.05, 0.1) is 10.6 Å². The third-order valence-corrected chi connectivity index (χ3v) is 3.45. The maximum atomic E-state index is 10.7. The van der Waals surface area contributed by atoms with Gasteiger partial charge < -0.3 is 5.32 Å². The van der Waals surface area contributed by atoms with Crippen molar-refractivity contribution in [2.24, 2.45) is 0 Å². The lowest BCUT2D eigenvalue weighted by atomic mass is 10.1. The van der Waals surface area contributed by atoms with Crippen LogP contribution in [0.2, 0.25) is 0 Å². The highest BCUT2D eigenvalue weighted by Gasteiger charge is 2.08. The molecule has 5 heteroatoms. The molecule has 0 unspecified atom stereocenters. The van der Waals surface area contributed by atoms with Gasteiger partial charge in [-0.25, -0.2) is 0 Å². The summed E-state index contributed by atoms with van der Waals surface area (Å²) in [5.41, 5.74) is 4.58. The Morgan fingerprint density at radius 3 is 2.39 bits per heavy atom. The minimum Gasteiger partial charge on any atom is -0.355 e. The lowest BCUT2D eigenvalue weighted by Gasteiger charge is -2.12. The number of pyridine rings is 1. The summed E-state index contributed by atoms with van der Waals surface area (Å²) < 4.78 is 0. The van der Waals surface area contributed by atoms with Gasteiger partial charge in [0.25, 0.3) is 5.69 Å². The molecule has 5 nitrogen and oxygen atoms in total. The first kappa shape index (κ1) is 14.7. The number of hydrogen-bond acceptors (Lipinski definition) is 4. The van der Waals surface area contributed by atoms with Crippen LogP contribution >= 0.6 is 0 Å². The van der Waals surface area contributed by atoms with Crippen molar-refractivity contribution in [3.05, 3.63) is 82.5 Å². The second-order valence-corrected chi connectivity index (χ2v) is 5.14. The topological polar surface area (TPSA) is 68.1 Å². The van der Waals surface area contributed by atoms with E-state index in [0.717, 1.165) is 28.3 Å². The Bertz CT molecular complexity index is 845. The van der Waals surface area contributed by atoms with Crippen LogP contribution in [-0.2, 0) is 0 Å². The van der Waals surface area contributed by atoms with E-state index in [-0.39, 0.29) is 5.69 Å². The third kappa shape index (κ3) is 3.35. The number of rotatable bonds is 4. The number of benzene rings is 2. The summed E-state index contributed by atoms with van der Waals surface area (Å²) in [6.45, 7) is 1.95. The van der Waals surface area contributed by atoms with Crippen LogP contribution in [-0.4, -0.2) is 9.91 Å². The molecule has 1 aromatic heterocycles. The molecule has 0 aliphatic rings. The van der Waals surface area contributed by atoms with E-state index in [1.54, 1.807) is 12.1 Å². The van der Waals surface area contributed by atoms with E-state index in [1.807, 2.05) is 49.4 Å². The van der Waals surface area contributed by atoms with E-state index < -0.39 is 4.92 Å². The van der Waals surface area contributed by atoms with Crippen molar-refractivity contribution < 1.29 is 4.92 Å². The molecule has 0 saturated carbocycles. The van der Waals surface area contributed by atoms with Crippen LogP contribution in [0.25, 0.3) is 11.3 Å². The minimum atomic E-state index is -0.408. The molecule has 114 valence electrons. The average Bonchev–Trinajstić information content (AvgIpc) is 2.56. The standard InChI is InChI=1S/C18H15N3O2/c1-13-5-4-8-17(19-13)16-6-2-3-7-18(16)20-14-9-11-15(12-10-14)21(22)23/h2-12,20H,1H3. The molecule has 1 N–H and O–H groups in total. The first-order valence-corrected chi connectivity index (χ1v) is 7.18. The molecule has 0 fully saturated rings. The highest BCUT2D eigenvalue weighted by atomic mass is 16.6. The summed E-state index contributed by atoms with van der Waals surface area (Å²) in [6, 6.07) is 20.1. The van der Waals surface area contributed by atoms with Crippen LogP contribution in [0.3, 0.4) is 0 Å². The zero-order chi connectivity index (χ0) is 16.2. The molecule has 2 aromatic carbocycles. The van der Waals surface area contributed by atoms with Crippen LogP contribution in [0.4, 0.5) is 17.1 Å². The smallest absolute Gasteiger partial charge is 0.269 e. The summed E-state index contributed by atoms with van der Waals surface area (Å²) in [5, 5.41) is 14.0. The van der Waals surface area contributed by atoms with E-state index in [4.69, 9.17) is 0 Å². The molecule has 0 atom stereocenters. The van der Waals surface area contributed by atoms with Gasteiger partial charge in [-0.05, 0) is 37.3 Å². The Morgan fingerprint density at radius 2 is 1.70 bits per heavy atom. The monoisotopic (exact) mass is 305 g/mol. The Morgan fingerprint density at radius 1 is 0.957 bits per heavy atom. The SMILES string of the molecule is Cc1cccc(-c2ccccc2Nc2ccc([N+](=O)[O-])cc2)n1. The molecule has 0 saturated heterocycles. The molecule has 0 bridgehead atoms. The highest BCUT2D eigenvalue weighted by molar-refractivity contribution is 5.79. The number of nitro benzene ring substituents is 1. The molecule has 0 aliphatic carbocycles. The van der Waals surface area contributed by atoms with Crippen molar-refractivity contribution in [2.75, 3.05) is 5.32 Å². The lowest BCUT2D eigenvalue weighted by Crippen LogP contribution is -1.95. The predicted molar refractivity (Wildman–Crippen MR) is 90.8 cm³/mol. The van der Waals surface area contributed by atoms with E-state index in [2.05, 4.69) is 10.3 Å². The van der Waals surface area contributed by atoms with Gasteiger partial charge >= 0.3 is 0 Å². The van der Waals surface area contributed by atoms with Gasteiger partial charge in [0.15, 0.2) is 0 Å². The minimum absolute atomic E-state index is 0.0733. The molecule has 0 amide bonds. The van der Waals surface area contributed by atoms with E-state index >= 15 is 0 Å². The number of para-hydroxylation sites is 1. The van der Waals surface area contributed by atoms with Crippen molar-refractivity contribution in [3.8, 4) is 11.3 Å². The average molecular weight is 305 g/mol. The summed E-state index contributed by atoms with van der Waals surface area (Å²) in [7, 11) is 0. The van der Waals surface area contributed by atoms with Crippen molar-refractivity contribution in [1.82, 2.24) is 4.98 Å². The van der Waals surface area contributed by atoms with Gasteiger partial charge in [-0.1, -0.05) is 24.3 Å². The van der Waals surface area contributed by atoms with Crippen LogP contribution in [0.1, 0.15) is 5.69 Å². The number of hydrogen-bond donors (Lipinski definition) is 1. The number of aryl methyl sites for hydroxylation is 1. The largest absolute Gasteiger partial charge is 0.355 e. The van der Waals surface area contributed by atoms with E-state index in [9.17, 15) is 10.1 Å². The summed E-state index contributed by atoms with van der Waals surface area (Å²) in [4.78, 5) is 14.9. The van der Waals surface area contributed by atoms with Crippen molar-refractivity contribution in [2.45, 2.75) is 6.92 Å². The molecule has 0 radical (unpaired) electrons. The maximum Gasteiger partial charge on any atom is 0.269 e. The number of non-ortho nitro benzene ring substituents is 1. The maximum absolute atomic E-state index is 10.7. The second-order valence-electron chi connectivity index (χ2n) is 5.14. The number of aromatic nitrogens is 1. The van der Waals surface area contributed by atoms with Crippen LogP contribution < -0.4 is 5.32 Å². The molecule has 23 heavy (non-hydrogen) atoms. The fourth-order valence-electron chi connectivity index (χ4n) is 2.33. The third-order valence-electron chi connectivity index (χ3n) is 3.45. The summed E-state index contributed by atoms with van der Waals surface area (Å²) in [5.74, 6) is 0. The van der Waals surface area contributed by atoms with Crippen molar-refractivity contribution in [1.29, 1.82) is 0 Å². The number of nitrogens with one attached hydrogen (secondary N) is 1. The fourth-order valence-corrected chi connectivity index (χ4v) is 2.33. The van der Waals surface area contributed by atoms with Crippen LogP contribution in [0.5, 0.6) is 0 Å². The summed E-state index contributed by atoms with van der Waals surface area (Å²) >= 11 is 0. The van der Waals surface area contributed by atoms with Crippen molar-refractivity contribution in [3.63, 3.8) is 0 Å². The Balaban J connectivity index is 1.93. The van der Waals surface area contributed by atoms with Gasteiger partial charge in [-0.2, -0.15) is 0 Å². The lowest BCUT2D eigenvalue weighted by molar-refractivity contribution is -0.384. The van der Waals surface area contributed by atoms with Gasteiger partial charge in [0.1, 0.15) is 0 Å². The highest BCUT2D eigenvalue weighted by Crippen LogP contribution is 2.29. The normalized spacial score (nSPS) is 10.3. The van der Waals surface area contributed by atoms with Crippen molar-refractivity contribution >= 4 is 17.1 Å². The molecular formula is C18H15N3O2. The zero-order valence-electron chi connectivity index (χ0n) is 12.6. The van der Waals surface area contributed by atoms with E-state index in [1.165, 1.54) is 12.1 Å². The first-order chi connectivity index (χ1) is 11.1. The number of nitrogens with zero attached hydrogens (tertiary/aromatic N) is 2.